The summed E-state index contributed by atoms with van der Waals surface area (Å²) in [5.41, 5.74) is 2.91. The highest BCUT2D eigenvalue weighted by Gasteiger charge is 2.24. The Balaban J connectivity index is 1.89. The molecule has 0 N–H and O–H groups in total. The molecule has 0 atom stereocenters. The van der Waals surface area contributed by atoms with Crippen molar-refractivity contribution in [3.05, 3.63) is 71.7 Å². The standard InChI is InChI=1S/C18H17N3O2/c1-13-16(17(20-23-13)15-8-4-3-5-9-15)18(22)21(2)12-14-7-6-10-19-11-14/h3-11H,12H2,1-2H3. The van der Waals surface area contributed by atoms with Crippen LogP contribution in [0.4, 0.5) is 0 Å². The third-order valence-electron chi connectivity index (χ3n) is 3.61. The molecule has 0 saturated heterocycles. The Labute approximate surface area is 134 Å². The zero-order chi connectivity index (χ0) is 16.2. The zero-order valence-corrected chi connectivity index (χ0v) is 13.1. The molecule has 1 amide bonds. The minimum atomic E-state index is -0.119. The lowest BCUT2D eigenvalue weighted by Crippen LogP contribution is -2.27. The molecule has 0 bridgehead atoms. The molecule has 2 aromatic heterocycles. The number of hydrogen-bond donors (Lipinski definition) is 0. The number of pyridine rings is 1. The number of carbonyl (C=O) groups is 1. The van der Waals surface area contributed by atoms with Crippen LogP contribution in [0.2, 0.25) is 0 Å². The second-order valence-electron chi connectivity index (χ2n) is 5.35. The average Bonchev–Trinajstić information content (AvgIpc) is 2.97. The van der Waals surface area contributed by atoms with Crippen molar-refractivity contribution in [2.24, 2.45) is 0 Å². The van der Waals surface area contributed by atoms with Crippen LogP contribution in [0.25, 0.3) is 11.3 Å². The Morgan fingerprint density at radius 2 is 1.96 bits per heavy atom. The maximum Gasteiger partial charge on any atom is 0.259 e. The molecule has 116 valence electrons. The number of carbonyl (C=O) groups excluding carboxylic acids is 1. The van der Waals surface area contributed by atoms with Crippen LogP contribution < -0.4 is 0 Å². The SMILES string of the molecule is Cc1onc(-c2ccccc2)c1C(=O)N(C)Cc1cccnc1. The number of nitrogens with zero attached hydrogens (tertiary/aromatic N) is 3. The van der Waals surface area contributed by atoms with Gasteiger partial charge >= 0.3 is 0 Å². The quantitative estimate of drug-likeness (QED) is 0.742. The van der Waals surface area contributed by atoms with Gasteiger partial charge in [0.05, 0.1) is 0 Å². The largest absolute Gasteiger partial charge is 0.360 e. The maximum atomic E-state index is 12.8. The monoisotopic (exact) mass is 307 g/mol. The molecule has 0 radical (unpaired) electrons. The summed E-state index contributed by atoms with van der Waals surface area (Å²) < 4.78 is 5.26. The van der Waals surface area contributed by atoms with Crippen molar-refractivity contribution >= 4 is 5.91 Å². The normalized spacial score (nSPS) is 10.5. The molecular formula is C18H17N3O2. The summed E-state index contributed by atoms with van der Waals surface area (Å²) in [6.07, 6.45) is 3.46. The van der Waals surface area contributed by atoms with E-state index in [1.807, 2.05) is 42.5 Å². The van der Waals surface area contributed by atoms with Gasteiger partial charge in [-0.25, -0.2) is 0 Å². The van der Waals surface area contributed by atoms with Crippen molar-refractivity contribution in [3.8, 4) is 11.3 Å². The molecule has 3 aromatic rings. The van der Waals surface area contributed by atoms with E-state index in [1.165, 1.54) is 0 Å². The molecule has 1 aromatic carbocycles. The van der Waals surface area contributed by atoms with E-state index in [-0.39, 0.29) is 5.91 Å². The number of amides is 1. The molecule has 0 aliphatic carbocycles. The second-order valence-corrected chi connectivity index (χ2v) is 5.35. The Hall–Kier alpha value is -2.95. The highest BCUT2D eigenvalue weighted by molar-refractivity contribution is 6.00. The predicted molar refractivity (Wildman–Crippen MR) is 86.7 cm³/mol. The van der Waals surface area contributed by atoms with E-state index in [0.717, 1.165) is 11.1 Å². The van der Waals surface area contributed by atoms with Gasteiger partial charge in [0.25, 0.3) is 5.91 Å². The summed E-state index contributed by atoms with van der Waals surface area (Å²) >= 11 is 0. The number of aryl methyl sites for hydroxylation is 1. The highest BCUT2D eigenvalue weighted by Crippen LogP contribution is 2.26. The van der Waals surface area contributed by atoms with Gasteiger partial charge in [-0.15, -0.1) is 0 Å². The number of aromatic nitrogens is 2. The lowest BCUT2D eigenvalue weighted by Gasteiger charge is -2.17. The molecule has 2 heterocycles. The van der Waals surface area contributed by atoms with E-state index in [2.05, 4.69) is 10.1 Å². The molecule has 0 aliphatic rings. The molecule has 0 unspecified atom stereocenters. The molecule has 3 rings (SSSR count). The predicted octanol–water partition coefficient (Wildman–Crippen LogP) is 3.32. The summed E-state index contributed by atoms with van der Waals surface area (Å²) in [7, 11) is 1.76. The zero-order valence-electron chi connectivity index (χ0n) is 13.1. The highest BCUT2D eigenvalue weighted by atomic mass is 16.5. The Kier molecular flexibility index (Phi) is 4.19. The minimum Gasteiger partial charge on any atom is -0.360 e. The smallest absolute Gasteiger partial charge is 0.259 e. The fourth-order valence-corrected chi connectivity index (χ4v) is 2.45. The number of hydrogen-bond acceptors (Lipinski definition) is 4. The van der Waals surface area contributed by atoms with Gasteiger partial charge < -0.3 is 9.42 Å². The Morgan fingerprint density at radius 1 is 1.17 bits per heavy atom. The molecule has 0 saturated carbocycles. The topological polar surface area (TPSA) is 59.2 Å². The van der Waals surface area contributed by atoms with Gasteiger partial charge in [-0.1, -0.05) is 41.6 Å². The van der Waals surface area contributed by atoms with Crippen molar-refractivity contribution < 1.29 is 9.32 Å². The third-order valence-corrected chi connectivity index (χ3v) is 3.61. The van der Waals surface area contributed by atoms with E-state index in [1.54, 1.807) is 31.3 Å². The van der Waals surface area contributed by atoms with E-state index >= 15 is 0 Å². The van der Waals surface area contributed by atoms with Crippen LogP contribution in [0.3, 0.4) is 0 Å². The maximum absolute atomic E-state index is 12.8. The van der Waals surface area contributed by atoms with Crippen LogP contribution in [-0.2, 0) is 6.54 Å². The van der Waals surface area contributed by atoms with E-state index in [9.17, 15) is 4.79 Å². The summed E-state index contributed by atoms with van der Waals surface area (Å²) in [6.45, 7) is 2.23. The molecule has 0 aliphatic heterocycles. The van der Waals surface area contributed by atoms with Crippen LogP contribution in [0.5, 0.6) is 0 Å². The molecule has 0 fully saturated rings. The van der Waals surface area contributed by atoms with Crippen molar-refractivity contribution in [3.63, 3.8) is 0 Å². The molecule has 23 heavy (non-hydrogen) atoms. The van der Waals surface area contributed by atoms with Gasteiger partial charge in [-0.05, 0) is 18.6 Å². The molecule has 5 heteroatoms. The van der Waals surface area contributed by atoms with Crippen molar-refractivity contribution in [1.82, 2.24) is 15.0 Å². The van der Waals surface area contributed by atoms with Crippen LogP contribution in [0.15, 0.2) is 59.4 Å². The van der Waals surface area contributed by atoms with Crippen LogP contribution in [0, 0.1) is 6.92 Å². The summed E-state index contributed by atoms with van der Waals surface area (Å²) in [5, 5.41) is 4.06. The van der Waals surface area contributed by atoms with Gasteiger partial charge in [0.2, 0.25) is 0 Å². The van der Waals surface area contributed by atoms with Crippen molar-refractivity contribution in [2.75, 3.05) is 7.05 Å². The second kappa shape index (κ2) is 6.44. The fourth-order valence-electron chi connectivity index (χ4n) is 2.45. The first-order valence-electron chi connectivity index (χ1n) is 7.33. The third kappa shape index (κ3) is 3.13. The first-order chi connectivity index (χ1) is 11.2. The average molecular weight is 307 g/mol. The van der Waals surface area contributed by atoms with Crippen LogP contribution in [0.1, 0.15) is 21.7 Å². The summed E-state index contributed by atoms with van der Waals surface area (Å²) in [5.74, 6) is 0.401. The van der Waals surface area contributed by atoms with Crippen LogP contribution >= 0.6 is 0 Å². The number of benzene rings is 1. The Bertz CT molecular complexity index is 798. The van der Waals surface area contributed by atoms with E-state index in [0.29, 0.717) is 23.6 Å². The Morgan fingerprint density at radius 3 is 2.65 bits per heavy atom. The first kappa shape index (κ1) is 15.0. The van der Waals surface area contributed by atoms with Gasteiger partial charge in [0, 0.05) is 31.5 Å². The summed E-state index contributed by atoms with van der Waals surface area (Å²) in [4.78, 5) is 18.5. The molecular weight excluding hydrogens is 290 g/mol. The van der Waals surface area contributed by atoms with Crippen molar-refractivity contribution in [1.29, 1.82) is 0 Å². The van der Waals surface area contributed by atoms with Gasteiger partial charge in [-0.2, -0.15) is 0 Å². The van der Waals surface area contributed by atoms with Crippen LogP contribution in [-0.4, -0.2) is 28.0 Å². The lowest BCUT2D eigenvalue weighted by molar-refractivity contribution is 0.0784. The first-order valence-corrected chi connectivity index (χ1v) is 7.33. The minimum absolute atomic E-state index is 0.119. The molecule has 0 spiro atoms. The van der Waals surface area contributed by atoms with Gasteiger partial charge in [0.1, 0.15) is 17.0 Å². The van der Waals surface area contributed by atoms with E-state index in [4.69, 9.17) is 4.52 Å². The molecule has 5 nitrogen and oxygen atoms in total. The van der Waals surface area contributed by atoms with Crippen molar-refractivity contribution in [2.45, 2.75) is 13.5 Å². The summed E-state index contributed by atoms with van der Waals surface area (Å²) in [6, 6.07) is 13.4. The van der Waals surface area contributed by atoms with Gasteiger partial charge in [0.15, 0.2) is 0 Å². The van der Waals surface area contributed by atoms with E-state index < -0.39 is 0 Å². The number of rotatable bonds is 4. The van der Waals surface area contributed by atoms with Gasteiger partial charge in [-0.3, -0.25) is 9.78 Å². The fraction of sp³-hybridized carbons (Fsp3) is 0.167. The lowest BCUT2D eigenvalue weighted by atomic mass is 10.1.